The van der Waals surface area contributed by atoms with Gasteiger partial charge in [0.1, 0.15) is 0 Å². The van der Waals surface area contributed by atoms with E-state index in [2.05, 4.69) is 6.07 Å². The largest absolute Gasteiger partial charge is 0.339 e. The predicted molar refractivity (Wildman–Crippen MR) is 89.2 cm³/mol. The quantitative estimate of drug-likeness (QED) is 0.842. The Morgan fingerprint density at radius 2 is 1.87 bits per heavy atom. The van der Waals surface area contributed by atoms with Crippen LogP contribution in [0.1, 0.15) is 44.1 Å². The SMILES string of the molecule is O=C([C@H]1CC(=O)N(C2CCCCC2)C1)N1CCc2ccccc21. The molecule has 0 radical (unpaired) electrons. The van der Waals surface area contributed by atoms with Gasteiger partial charge in [-0.3, -0.25) is 9.59 Å². The van der Waals surface area contributed by atoms with Gasteiger partial charge < -0.3 is 9.80 Å². The van der Waals surface area contributed by atoms with Crippen molar-refractivity contribution in [3.8, 4) is 0 Å². The molecule has 4 rings (SSSR count). The molecule has 0 bridgehead atoms. The molecule has 2 fully saturated rings. The van der Waals surface area contributed by atoms with Crippen molar-refractivity contribution in [1.29, 1.82) is 0 Å². The summed E-state index contributed by atoms with van der Waals surface area (Å²) in [6.45, 7) is 1.38. The van der Waals surface area contributed by atoms with Gasteiger partial charge in [-0.15, -0.1) is 0 Å². The van der Waals surface area contributed by atoms with E-state index in [1.54, 1.807) is 0 Å². The van der Waals surface area contributed by atoms with Crippen LogP contribution < -0.4 is 4.90 Å². The van der Waals surface area contributed by atoms with Crippen LogP contribution >= 0.6 is 0 Å². The first-order chi connectivity index (χ1) is 11.2. The molecule has 0 aromatic heterocycles. The molecular formula is C19H24N2O2. The summed E-state index contributed by atoms with van der Waals surface area (Å²) in [5.41, 5.74) is 2.29. The van der Waals surface area contributed by atoms with Gasteiger partial charge in [0, 0.05) is 31.2 Å². The third-order valence-electron chi connectivity index (χ3n) is 5.68. The number of hydrogen-bond acceptors (Lipinski definition) is 2. The van der Waals surface area contributed by atoms with Crippen molar-refractivity contribution in [2.24, 2.45) is 5.92 Å². The maximum absolute atomic E-state index is 12.9. The summed E-state index contributed by atoms with van der Waals surface area (Å²) in [4.78, 5) is 29.2. The molecule has 1 aliphatic carbocycles. The minimum absolute atomic E-state index is 0.140. The summed E-state index contributed by atoms with van der Waals surface area (Å²) < 4.78 is 0. The highest BCUT2D eigenvalue weighted by Crippen LogP contribution is 2.33. The fraction of sp³-hybridized carbons (Fsp3) is 0.579. The predicted octanol–water partition coefficient (Wildman–Crippen LogP) is 2.76. The second-order valence-corrected chi connectivity index (χ2v) is 7.11. The van der Waals surface area contributed by atoms with Crippen molar-refractivity contribution >= 4 is 17.5 Å². The number of para-hydroxylation sites is 1. The highest BCUT2D eigenvalue weighted by Gasteiger charge is 2.40. The average Bonchev–Trinajstić information content (AvgIpc) is 3.19. The topological polar surface area (TPSA) is 40.6 Å². The molecular weight excluding hydrogens is 288 g/mol. The van der Waals surface area contributed by atoms with Crippen LogP contribution in [0.15, 0.2) is 24.3 Å². The maximum atomic E-state index is 12.9. The number of benzene rings is 1. The molecule has 1 saturated heterocycles. The van der Waals surface area contributed by atoms with Gasteiger partial charge in [-0.05, 0) is 30.9 Å². The van der Waals surface area contributed by atoms with E-state index in [4.69, 9.17) is 0 Å². The highest BCUT2D eigenvalue weighted by molar-refractivity contribution is 6.00. The zero-order valence-corrected chi connectivity index (χ0v) is 13.5. The number of hydrogen-bond donors (Lipinski definition) is 0. The van der Waals surface area contributed by atoms with E-state index in [1.165, 1.54) is 24.8 Å². The van der Waals surface area contributed by atoms with E-state index in [0.29, 0.717) is 19.0 Å². The van der Waals surface area contributed by atoms with Crippen LogP contribution in [0.2, 0.25) is 0 Å². The molecule has 1 atom stereocenters. The Morgan fingerprint density at radius 1 is 1.09 bits per heavy atom. The molecule has 0 unspecified atom stereocenters. The fourth-order valence-electron chi connectivity index (χ4n) is 4.43. The summed E-state index contributed by atoms with van der Waals surface area (Å²) >= 11 is 0. The lowest BCUT2D eigenvalue weighted by atomic mass is 9.94. The van der Waals surface area contributed by atoms with Crippen LogP contribution in [0.25, 0.3) is 0 Å². The number of carbonyl (C=O) groups is 2. The van der Waals surface area contributed by atoms with E-state index in [1.807, 2.05) is 28.0 Å². The first kappa shape index (κ1) is 14.7. The molecule has 4 heteroatoms. The Hall–Kier alpha value is -1.84. The fourth-order valence-corrected chi connectivity index (χ4v) is 4.43. The lowest BCUT2D eigenvalue weighted by Gasteiger charge is -2.31. The molecule has 1 aromatic rings. The Labute approximate surface area is 137 Å². The summed E-state index contributed by atoms with van der Waals surface area (Å²) in [6, 6.07) is 8.50. The van der Waals surface area contributed by atoms with Gasteiger partial charge in [0.05, 0.1) is 5.92 Å². The van der Waals surface area contributed by atoms with E-state index in [9.17, 15) is 9.59 Å². The van der Waals surface area contributed by atoms with Crippen molar-refractivity contribution in [3.05, 3.63) is 29.8 Å². The Kier molecular flexibility index (Phi) is 3.83. The lowest BCUT2D eigenvalue weighted by molar-refractivity contribution is -0.130. The van der Waals surface area contributed by atoms with Crippen LogP contribution in [0.5, 0.6) is 0 Å². The second kappa shape index (κ2) is 5.99. The molecule has 0 spiro atoms. The van der Waals surface area contributed by atoms with Crippen LogP contribution in [-0.4, -0.2) is 35.8 Å². The molecule has 4 nitrogen and oxygen atoms in total. The molecule has 1 aromatic carbocycles. The van der Waals surface area contributed by atoms with Gasteiger partial charge in [-0.2, -0.15) is 0 Å². The van der Waals surface area contributed by atoms with Gasteiger partial charge >= 0.3 is 0 Å². The van der Waals surface area contributed by atoms with Gasteiger partial charge in [0.2, 0.25) is 11.8 Å². The number of fused-ring (bicyclic) bond motifs is 1. The van der Waals surface area contributed by atoms with E-state index in [0.717, 1.165) is 31.5 Å². The Bertz CT molecular complexity index is 622. The number of likely N-dealkylation sites (tertiary alicyclic amines) is 1. The number of rotatable bonds is 2. The Balaban J connectivity index is 1.47. The molecule has 2 aliphatic heterocycles. The third-order valence-corrected chi connectivity index (χ3v) is 5.68. The average molecular weight is 312 g/mol. The van der Waals surface area contributed by atoms with E-state index in [-0.39, 0.29) is 17.7 Å². The standard InChI is InChI=1S/C19H24N2O2/c22-18-12-15(13-21(18)16-7-2-1-3-8-16)19(23)20-11-10-14-6-4-5-9-17(14)20/h4-6,9,15-16H,1-3,7-8,10-13H2/t15-/m0/s1. The lowest BCUT2D eigenvalue weighted by Crippen LogP contribution is -2.40. The summed E-state index contributed by atoms with van der Waals surface area (Å²) in [6.07, 6.45) is 7.26. The molecule has 2 heterocycles. The summed E-state index contributed by atoms with van der Waals surface area (Å²) in [7, 11) is 0. The van der Waals surface area contributed by atoms with Crippen LogP contribution in [0, 0.1) is 5.92 Å². The minimum Gasteiger partial charge on any atom is -0.339 e. The van der Waals surface area contributed by atoms with E-state index < -0.39 is 0 Å². The molecule has 0 N–H and O–H groups in total. The summed E-state index contributed by atoms with van der Waals surface area (Å²) in [5, 5.41) is 0. The number of carbonyl (C=O) groups excluding carboxylic acids is 2. The molecule has 23 heavy (non-hydrogen) atoms. The summed E-state index contributed by atoms with van der Waals surface area (Å²) in [5.74, 6) is 0.167. The first-order valence-electron chi connectivity index (χ1n) is 8.93. The van der Waals surface area contributed by atoms with Crippen molar-refractivity contribution in [2.75, 3.05) is 18.0 Å². The van der Waals surface area contributed by atoms with Crippen molar-refractivity contribution in [3.63, 3.8) is 0 Å². The van der Waals surface area contributed by atoms with Gasteiger partial charge in [0.15, 0.2) is 0 Å². The van der Waals surface area contributed by atoms with Crippen LogP contribution in [0.3, 0.4) is 0 Å². The van der Waals surface area contributed by atoms with Crippen molar-refractivity contribution in [2.45, 2.75) is 51.0 Å². The Morgan fingerprint density at radius 3 is 2.70 bits per heavy atom. The van der Waals surface area contributed by atoms with Gasteiger partial charge in [0.25, 0.3) is 0 Å². The van der Waals surface area contributed by atoms with Crippen molar-refractivity contribution < 1.29 is 9.59 Å². The molecule has 122 valence electrons. The number of anilines is 1. The van der Waals surface area contributed by atoms with Gasteiger partial charge in [-0.25, -0.2) is 0 Å². The molecule has 2 amide bonds. The minimum atomic E-state index is -0.157. The van der Waals surface area contributed by atoms with E-state index >= 15 is 0 Å². The zero-order valence-electron chi connectivity index (χ0n) is 13.5. The number of nitrogens with zero attached hydrogens (tertiary/aromatic N) is 2. The monoisotopic (exact) mass is 312 g/mol. The zero-order chi connectivity index (χ0) is 15.8. The smallest absolute Gasteiger partial charge is 0.232 e. The third kappa shape index (κ3) is 2.64. The number of amides is 2. The first-order valence-corrected chi connectivity index (χ1v) is 8.93. The normalized spacial score (nSPS) is 25.0. The molecule has 3 aliphatic rings. The molecule has 1 saturated carbocycles. The maximum Gasteiger partial charge on any atom is 0.232 e. The van der Waals surface area contributed by atoms with Crippen LogP contribution in [-0.2, 0) is 16.0 Å². The van der Waals surface area contributed by atoms with Gasteiger partial charge in [-0.1, -0.05) is 37.5 Å². The van der Waals surface area contributed by atoms with Crippen molar-refractivity contribution in [1.82, 2.24) is 4.90 Å². The van der Waals surface area contributed by atoms with Crippen LogP contribution in [0.4, 0.5) is 5.69 Å². The second-order valence-electron chi connectivity index (χ2n) is 7.11. The highest BCUT2D eigenvalue weighted by atomic mass is 16.2.